The fraction of sp³-hybridized carbons (Fsp3) is 0.143. The summed E-state index contributed by atoms with van der Waals surface area (Å²) < 4.78 is 0. The van der Waals surface area contributed by atoms with Crippen LogP contribution in [0.15, 0.2) is 30.3 Å². The van der Waals surface area contributed by atoms with Crippen molar-refractivity contribution in [2.45, 2.75) is 13.8 Å². The number of anilines is 2. The fourth-order valence-electron chi connectivity index (χ4n) is 1.65. The van der Waals surface area contributed by atoms with Crippen LogP contribution >= 0.6 is 11.6 Å². The number of nitrogens with one attached hydrogen (secondary N) is 1. The van der Waals surface area contributed by atoms with E-state index in [1.165, 1.54) is 11.6 Å². The van der Waals surface area contributed by atoms with Crippen LogP contribution < -0.4 is 5.32 Å². The monoisotopic (exact) mass is 257 g/mol. The van der Waals surface area contributed by atoms with Crippen LogP contribution in [0.2, 0.25) is 5.15 Å². The van der Waals surface area contributed by atoms with Crippen molar-refractivity contribution in [3.8, 4) is 6.07 Å². The summed E-state index contributed by atoms with van der Waals surface area (Å²) in [5.41, 5.74) is 3.80. The van der Waals surface area contributed by atoms with E-state index in [-0.39, 0.29) is 0 Å². The molecule has 0 atom stereocenters. The minimum atomic E-state index is 0.307. The summed E-state index contributed by atoms with van der Waals surface area (Å²) in [6.07, 6.45) is 0. The van der Waals surface area contributed by atoms with Gasteiger partial charge in [-0.05, 0) is 43.2 Å². The molecular weight excluding hydrogens is 246 g/mol. The van der Waals surface area contributed by atoms with E-state index in [0.29, 0.717) is 16.5 Å². The number of benzene rings is 1. The Balaban J connectivity index is 2.37. The Morgan fingerprint density at radius 3 is 2.78 bits per heavy atom. The van der Waals surface area contributed by atoms with Gasteiger partial charge in [0.2, 0.25) is 0 Å². The van der Waals surface area contributed by atoms with Gasteiger partial charge in [-0.1, -0.05) is 23.7 Å². The molecule has 0 aliphatic carbocycles. The second-order valence-electron chi connectivity index (χ2n) is 4.05. The zero-order chi connectivity index (χ0) is 13.1. The highest BCUT2D eigenvalue weighted by Crippen LogP contribution is 2.23. The summed E-state index contributed by atoms with van der Waals surface area (Å²) in [5.74, 6) is 0.577. The third-order valence-corrected chi connectivity index (χ3v) is 2.98. The molecule has 0 aliphatic rings. The molecule has 1 aromatic heterocycles. The van der Waals surface area contributed by atoms with E-state index in [2.05, 4.69) is 16.4 Å². The highest BCUT2D eigenvalue weighted by molar-refractivity contribution is 6.29. The lowest BCUT2D eigenvalue weighted by Crippen LogP contribution is -1.97. The Morgan fingerprint density at radius 1 is 1.28 bits per heavy atom. The predicted molar refractivity (Wildman–Crippen MR) is 73.2 cm³/mol. The van der Waals surface area contributed by atoms with Crippen LogP contribution in [0, 0.1) is 25.2 Å². The molecule has 3 nitrogen and oxygen atoms in total. The lowest BCUT2D eigenvalue weighted by molar-refractivity contribution is 1.27. The van der Waals surface area contributed by atoms with Crippen molar-refractivity contribution in [1.82, 2.24) is 4.98 Å². The number of pyridine rings is 1. The van der Waals surface area contributed by atoms with E-state index in [0.717, 1.165) is 11.3 Å². The van der Waals surface area contributed by atoms with Crippen LogP contribution in [-0.4, -0.2) is 4.98 Å². The Kier molecular flexibility index (Phi) is 3.50. The summed E-state index contributed by atoms with van der Waals surface area (Å²) in [6.45, 7) is 4.08. The van der Waals surface area contributed by atoms with Crippen molar-refractivity contribution >= 4 is 23.1 Å². The summed E-state index contributed by atoms with van der Waals surface area (Å²) >= 11 is 5.86. The molecule has 90 valence electrons. The zero-order valence-corrected chi connectivity index (χ0v) is 10.9. The molecule has 0 unspecified atom stereocenters. The molecule has 0 saturated heterocycles. The van der Waals surface area contributed by atoms with Gasteiger partial charge in [0.25, 0.3) is 0 Å². The summed E-state index contributed by atoms with van der Waals surface area (Å²) in [4.78, 5) is 4.15. The largest absolute Gasteiger partial charge is 0.340 e. The van der Waals surface area contributed by atoms with Crippen molar-refractivity contribution in [1.29, 1.82) is 5.26 Å². The molecule has 0 saturated carbocycles. The topological polar surface area (TPSA) is 48.7 Å². The minimum Gasteiger partial charge on any atom is -0.340 e. The third-order valence-electron chi connectivity index (χ3n) is 2.79. The molecule has 0 amide bonds. The first-order valence-electron chi connectivity index (χ1n) is 5.51. The van der Waals surface area contributed by atoms with E-state index in [9.17, 15) is 0 Å². The first-order chi connectivity index (χ1) is 8.60. The molecule has 0 aliphatic heterocycles. The average molecular weight is 258 g/mol. The van der Waals surface area contributed by atoms with Gasteiger partial charge in [0.05, 0.1) is 11.6 Å². The van der Waals surface area contributed by atoms with E-state index in [1.54, 1.807) is 6.07 Å². The molecule has 0 radical (unpaired) electrons. The van der Waals surface area contributed by atoms with Crippen LogP contribution in [0.5, 0.6) is 0 Å². The molecule has 0 bridgehead atoms. The molecule has 0 fully saturated rings. The number of nitriles is 1. The maximum atomic E-state index is 8.89. The van der Waals surface area contributed by atoms with Crippen molar-refractivity contribution in [3.63, 3.8) is 0 Å². The molecule has 1 aromatic carbocycles. The van der Waals surface area contributed by atoms with E-state index < -0.39 is 0 Å². The Labute approximate surface area is 111 Å². The van der Waals surface area contributed by atoms with Crippen molar-refractivity contribution in [2.24, 2.45) is 0 Å². The van der Waals surface area contributed by atoms with Crippen molar-refractivity contribution in [2.75, 3.05) is 5.32 Å². The van der Waals surface area contributed by atoms with Crippen LogP contribution in [-0.2, 0) is 0 Å². The zero-order valence-electron chi connectivity index (χ0n) is 10.2. The number of hydrogen-bond acceptors (Lipinski definition) is 3. The smallest absolute Gasteiger partial charge is 0.133 e. The number of halogens is 1. The lowest BCUT2D eigenvalue weighted by Gasteiger charge is -2.11. The van der Waals surface area contributed by atoms with Gasteiger partial charge < -0.3 is 5.32 Å². The summed E-state index contributed by atoms with van der Waals surface area (Å²) in [7, 11) is 0. The van der Waals surface area contributed by atoms with Crippen molar-refractivity contribution in [3.05, 3.63) is 52.2 Å². The Morgan fingerprint density at radius 2 is 2.06 bits per heavy atom. The number of nitrogens with zero attached hydrogens (tertiary/aromatic N) is 2. The summed E-state index contributed by atoms with van der Waals surface area (Å²) in [5, 5.41) is 12.4. The lowest BCUT2D eigenvalue weighted by atomic mass is 10.1. The SMILES string of the molecule is Cc1cccc(Nc2cc(C#N)cc(Cl)n2)c1C. The molecule has 0 spiro atoms. The number of hydrogen-bond donors (Lipinski definition) is 1. The molecule has 2 aromatic rings. The number of rotatable bonds is 2. The first-order valence-corrected chi connectivity index (χ1v) is 5.89. The normalized spacial score (nSPS) is 9.89. The van der Waals surface area contributed by atoms with Gasteiger partial charge in [-0.2, -0.15) is 5.26 Å². The second-order valence-corrected chi connectivity index (χ2v) is 4.44. The average Bonchev–Trinajstić information content (AvgIpc) is 2.34. The Hall–Kier alpha value is -2.05. The molecule has 1 heterocycles. The standard InChI is InChI=1S/C14H12ClN3/c1-9-4-3-5-12(10(9)2)17-14-7-11(8-16)6-13(15)18-14/h3-7H,1-2H3,(H,17,18). The van der Waals surface area contributed by atoms with Gasteiger partial charge in [-0.3, -0.25) is 0 Å². The third kappa shape index (κ3) is 2.61. The van der Waals surface area contributed by atoms with Crippen molar-refractivity contribution < 1.29 is 0 Å². The maximum absolute atomic E-state index is 8.89. The number of aromatic nitrogens is 1. The maximum Gasteiger partial charge on any atom is 0.133 e. The fourth-order valence-corrected chi connectivity index (χ4v) is 1.86. The molecule has 1 N–H and O–H groups in total. The van der Waals surface area contributed by atoms with E-state index in [1.807, 2.05) is 32.0 Å². The van der Waals surface area contributed by atoms with Gasteiger partial charge >= 0.3 is 0 Å². The molecular formula is C14H12ClN3. The highest BCUT2D eigenvalue weighted by Gasteiger charge is 2.04. The Bertz CT molecular complexity index is 629. The van der Waals surface area contributed by atoms with E-state index in [4.69, 9.17) is 16.9 Å². The second kappa shape index (κ2) is 5.07. The van der Waals surface area contributed by atoms with Crippen LogP contribution in [0.4, 0.5) is 11.5 Å². The van der Waals surface area contributed by atoms with Crippen LogP contribution in [0.25, 0.3) is 0 Å². The minimum absolute atomic E-state index is 0.307. The van der Waals surface area contributed by atoms with Gasteiger partial charge in [0, 0.05) is 5.69 Å². The van der Waals surface area contributed by atoms with Crippen LogP contribution in [0.3, 0.4) is 0 Å². The number of aryl methyl sites for hydroxylation is 1. The van der Waals surface area contributed by atoms with Crippen LogP contribution in [0.1, 0.15) is 16.7 Å². The van der Waals surface area contributed by atoms with E-state index >= 15 is 0 Å². The quantitative estimate of drug-likeness (QED) is 0.828. The highest BCUT2D eigenvalue weighted by atomic mass is 35.5. The molecule has 18 heavy (non-hydrogen) atoms. The summed E-state index contributed by atoms with van der Waals surface area (Å²) in [6, 6.07) is 11.3. The van der Waals surface area contributed by atoms with Gasteiger partial charge in [0.15, 0.2) is 0 Å². The van der Waals surface area contributed by atoms with Gasteiger partial charge in [0.1, 0.15) is 11.0 Å². The molecule has 2 rings (SSSR count). The van der Waals surface area contributed by atoms with Gasteiger partial charge in [-0.25, -0.2) is 4.98 Å². The first kappa shape index (κ1) is 12.4. The predicted octanol–water partition coefficient (Wildman–Crippen LogP) is 3.97. The molecule has 4 heteroatoms. The van der Waals surface area contributed by atoms with Gasteiger partial charge in [-0.15, -0.1) is 0 Å².